The molecule has 0 aromatic carbocycles. The molecular formula is C15H26N2O2. The van der Waals surface area contributed by atoms with Gasteiger partial charge < -0.3 is 4.74 Å². The lowest BCUT2D eigenvalue weighted by Crippen LogP contribution is -2.50. The van der Waals surface area contributed by atoms with Crippen molar-refractivity contribution in [3.63, 3.8) is 0 Å². The highest BCUT2D eigenvalue weighted by atomic mass is 16.6. The molecular weight excluding hydrogens is 240 g/mol. The fraction of sp³-hybridized carbons (Fsp3) is 0.867. The van der Waals surface area contributed by atoms with Crippen molar-refractivity contribution in [2.45, 2.75) is 71.1 Å². The first-order chi connectivity index (χ1) is 8.74. The minimum Gasteiger partial charge on any atom is -0.444 e. The highest BCUT2D eigenvalue weighted by Gasteiger charge is 2.47. The lowest BCUT2D eigenvalue weighted by molar-refractivity contribution is 0.00341. The highest BCUT2D eigenvalue weighted by molar-refractivity contribution is 5.69. The summed E-state index contributed by atoms with van der Waals surface area (Å²) < 4.78 is 5.38. The third-order valence-corrected chi connectivity index (χ3v) is 3.98. The fourth-order valence-electron chi connectivity index (χ4n) is 2.57. The average Bonchev–Trinajstić information content (AvgIpc) is 2.36. The van der Waals surface area contributed by atoms with E-state index in [-0.39, 0.29) is 0 Å². The molecule has 1 rings (SSSR count). The quantitative estimate of drug-likeness (QED) is 0.706. The van der Waals surface area contributed by atoms with E-state index in [4.69, 9.17) is 11.3 Å². The van der Waals surface area contributed by atoms with Gasteiger partial charge >= 0.3 is 11.8 Å². The first kappa shape index (κ1) is 15.8. The first-order valence-electron chi connectivity index (χ1n) is 7.09. The van der Waals surface area contributed by atoms with E-state index >= 15 is 0 Å². The van der Waals surface area contributed by atoms with Gasteiger partial charge in [-0.25, -0.2) is 16.3 Å². The molecule has 1 amide bonds. The van der Waals surface area contributed by atoms with E-state index in [1.54, 1.807) is 7.05 Å². The van der Waals surface area contributed by atoms with Gasteiger partial charge in [0.15, 0.2) is 0 Å². The Morgan fingerprint density at radius 3 is 2.32 bits per heavy atom. The van der Waals surface area contributed by atoms with Gasteiger partial charge in [0, 0.05) is 19.9 Å². The maximum absolute atomic E-state index is 12.1. The molecule has 0 N–H and O–H groups in total. The largest absolute Gasteiger partial charge is 0.444 e. The van der Waals surface area contributed by atoms with Crippen LogP contribution in [0.3, 0.4) is 0 Å². The summed E-state index contributed by atoms with van der Waals surface area (Å²) in [4.78, 5) is 17.4. The van der Waals surface area contributed by atoms with Crippen LogP contribution < -0.4 is 0 Å². The van der Waals surface area contributed by atoms with Crippen molar-refractivity contribution in [1.29, 1.82) is 0 Å². The van der Waals surface area contributed by atoms with Gasteiger partial charge in [0.05, 0.1) is 0 Å². The molecule has 0 bridgehead atoms. The molecule has 1 aliphatic rings. The zero-order chi connectivity index (χ0) is 14.7. The van der Waals surface area contributed by atoms with Crippen LogP contribution in [0.25, 0.3) is 4.85 Å². The number of amides is 1. The van der Waals surface area contributed by atoms with Gasteiger partial charge in [0.25, 0.3) is 0 Å². The van der Waals surface area contributed by atoms with Gasteiger partial charge in [-0.15, -0.1) is 0 Å². The number of carbonyl (C=O) groups is 1. The molecule has 0 heterocycles. The lowest BCUT2D eigenvalue weighted by Gasteiger charge is -2.37. The molecule has 4 nitrogen and oxygen atoms in total. The van der Waals surface area contributed by atoms with Crippen LogP contribution in [0, 0.1) is 12.5 Å². The molecule has 1 fully saturated rings. The van der Waals surface area contributed by atoms with Crippen molar-refractivity contribution in [3.05, 3.63) is 11.4 Å². The summed E-state index contributed by atoms with van der Waals surface area (Å²) in [6.45, 7) is 15.2. The Labute approximate surface area is 116 Å². The summed E-state index contributed by atoms with van der Waals surface area (Å²) in [5, 5.41) is 0. The molecule has 0 saturated heterocycles. The average molecular weight is 266 g/mol. The van der Waals surface area contributed by atoms with Gasteiger partial charge in [0.1, 0.15) is 5.60 Å². The van der Waals surface area contributed by atoms with Crippen LogP contribution in [0.15, 0.2) is 0 Å². The van der Waals surface area contributed by atoms with Crippen molar-refractivity contribution in [2.24, 2.45) is 5.92 Å². The van der Waals surface area contributed by atoms with Crippen LogP contribution in [-0.2, 0) is 4.74 Å². The van der Waals surface area contributed by atoms with Gasteiger partial charge in [-0.1, -0.05) is 13.3 Å². The molecule has 1 saturated carbocycles. The summed E-state index contributed by atoms with van der Waals surface area (Å²) in [5.41, 5.74) is -1.22. The number of ether oxygens (including phenoxy) is 1. The molecule has 0 atom stereocenters. The van der Waals surface area contributed by atoms with Gasteiger partial charge in [-0.2, -0.15) is 0 Å². The minimum absolute atomic E-state index is 0.390. The highest BCUT2D eigenvalue weighted by Crippen LogP contribution is 2.38. The topological polar surface area (TPSA) is 33.9 Å². The van der Waals surface area contributed by atoms with E-state index in [2.05, 4.69) is 11.8 Å². The van der Waals surface area contributed by atoms with Crippen LogP contribution in [0.5, 0.6) is 0 Å². The van der Waals surface area contributed by atoms with Gasteiger partial charge in [0.2, 0.25) is 0 Å². The Kier molecular flexibility index (Phi) is 4.84. The number of nitrogens with zero attached hydrogens (tertiary/aromatic N) is 2. The maximum Gasteiger partial charge on any atom is 0.416 e. The van der Waals surface area contributed by atoms with Crippen LogP contribution in [0.4, 0.5) is 4.79 Å². The molecule has 0 aliphatic heterocycles. The van der Waals surface area contributed by atoms with E-state index < -0.39 is 17.4 Å². The summed E-state index contributed by atoms with van der Waals surface area (Å²) in [7, 11) is 1.69. The van der Waals surface area contributed by atoms with E-state index in [9.17, 15) is 4.79 Å². The predicted molar refractivity (Wildman–Crippen MR) is 75.6 cm³/mol. The molecule has 0 radical (unpaired) electrons. The Hall–Kier alpha value is -1.24. The molecule has 0 aromatic heterocycles. The van der Waals surface area contributed by atoms with Crippen molar-refractivity contribution < 1.29 is 9.53 Å². The van der Waals surface area contributed by atoms with E-state index in [1.807, 2.05) is 20.8 Å². The predicted octanol–water partition coefficient (Wildman–Crippen LogP) is 4.07. The zero-order valence-electron chi connectivity index (χ0n) is 12.8. The summed E-state index contributed by atoms with van der Waals surface area (Å²) in [6, 6.07) is 0. The number of hydrogen-bond donors (Lipinski definition) is 0. The second kappa shape index (κ2) is 5.81. The smallest absolute Gasteiger partial charge is 0.416 e. The van der Waals surface area contributed by atoms with Crippen molar-refractivity contribution >= 4 is 6.09 Å². The molecule has 4 heteroatoms. The third kappa shape index (κ3) is 3.86. The van der Waals surface area contributed by atoms with E-state index in [1.165, 1.54) is 4.90 Å². The number of hydrogen-bond acceptors (Lipinski definition) is 2. The molecule has 1 aliphatic carbocycles. The second-order valence-corrected chi connectivity index (χ2v) is 6.49. The van der Waals surface area contributed by atoms with E-state index in [0.29, 0.717) is 5.92 Å². The molecule has 108 valence electrons. The lowest BCUT2D eigenvalue weighted by atomic mass is 9.80. The number of rotatable bonds is 2. The zero-order valence-corrected chi connectivity index (χ0v) is 12.8. The SMILES string of the molecule is [C-]#[N+][C@]1(N(C)C(=O)OC(C)(C)C)CC[C@H](CC)CC1. The molecule has 0 spiro atoms. The Bertz CT molecular complexity index is 357. The van der Waals surface area contributed by atoms with Crippen LogP contribution in [-0.4, -0.2) is 29.3 Å². The minimum atomic E-state index is -0.700. The van der Waals surface area contributed by atoms with Crippen molar-refractivity contribution in [2.75, 3.05) is 7.05 Å². The standard InChI is InChI=1S/C15H26N2O2/c1-7-12-8-10-15(16-5,11-9-12)17(6)13(18)19-14(2,3)4/h12H,7-11H2,1-4,6H3/t12-,15-. The summed E-state index contributed by atoms with van der Waals surface area (Å²) in [5.74, 6) is 0.696. The van der Waals surface area contributed by atoms with Crippen LogP contribution in [0.2, 0.25) is 0 Å². The number of carbonyl (C=O) groups excluding carboxylic acids is 1. The molecule has 0 aromatic rings. The van der Waals surface area contributed by atoms with Crippen molar-refractivity contribution in [3.8, 4) is 0 Å². The maximum atomic E-state index is 12.1. The first-order valence-corrected chi connectivity index (χ1v) is 7.09. The molecule has 0 unspecified atom stereocenters. The van der Waals surface area contributed by atoms with E-state index in [0.717, 1.165) is 32.1 Å². The Morgan fingerprint density at radius 2 is 1.95 bits per heavy atom. The summed E-state index contributed by atoms with van der Waals surface area (Å²) in [6.07, 6.45) is 4.32. The third-order valence-electron chi connectivity index (χ3n) is 3.98. The normalized spacial score (nSPS) is 27.5. The Balaban J connectivity index is 2.75. The second-order valence-electron chi connectivity index (χ2n) is 6.49. The van der Waals surface area contributed by atoms with Crippen LogP contribution in [0.1, 0.15) is 59.8 Å². The molecule has 19 heavy (non-hydrogen) atoms. The van der Waals surface area contributed by atoms with Gasteiger partial charge in [-0.05, 0) is 39.5 Å². The van der Waals surface area contributed by atoms with Crippen molar-refractivity contribution in [1.82, 2.24) is 4.90 Å². The summed E-state index contributed by atoms with van der Waals surface area (Å²) >= 11 is 0. The monoisotopic (exact) mass is 266 g/mol. The van der Waals surface area contributed by atoms with Crippen LogP contribution >= 0.6 is 0 Å². The Morgan fingerprint density at radius 1 is 1.42 bits per heavy atom. The van der Waals surface area contributed by atoms with Gasteiger partial charge in [-0.3, -0.25) is 4.85 Å². The fourth-order valence-corrected chi connectivity index (χ4v) is 2.57.